The first-order valence-electron chi connectivity index (χ1n) is 5.99. The molecule has 0 aliphatic rings. The van der Waals surface area contributed by atoms with Crippen LogP contribution < -0.4 is 0 Å². The smallest absolute Gasteiger partial charge is 0.116 e. The van der Waals surface area contributed by atoms with E-state index in [1.54, 1.807) is 0 Å². The number of hydrogen-bond donors (Lipinski definition) is 0. The van der Waals surface area contributed by atoms with Gasteiger partial charge >= 0.3 is 0 Å². The minimum absolute atomic E-state index is 0.648. The van der Waals surface area contributed by atoms with Crippen LogP contribution in [0.15, 0.2) is 54.9 Å². The lowest BCUT2D eigenvalue weighted by atomic mass is 10.0. The van der Waals surface area contributed by atoms with Gasteiger partial charge < -0.3 is 0 Å². The van der Waals surface area contributed by atoms with Crippen molar-refractivity contribution < 1.29 is 0 Å². The Morgan fingerprint density at radius 3 is 2.40 bits per heavy atom. The third kappa shape index (κ3) is 2.53. The molecule has 2 nitrogen and oxygen atoms in total. The molecule has 1 heterocycles. The zero-order valence-electron chi connectivity index (χ0n) is 10.3. The van der Waals surface area contributed by atoms with Crippen LogP contribution in [0.4, 0.5) is 0 Å². The van der Waals surface area contributed by atoms with Crippen LogP contribution in [0.2, 0.25) is 10.0 Å². The molecule has 0 fully saturated rings. The van der Waals surface area contributed by atoms with Crippen molar-refractivity contribution in [1.29, 1.82) is 0 Å². The van der Waals surface area contributed by atoms with Crippen molar-refractivity contribution in [1.82, 2.24) is 9.97 Å². The molecule has 97 valence electrons. The Morgan fingerprint density at radius 1 is 0.900 bits per heavy atom. The maximum Gasteiger partial charge on any atom is 0.116 e. The molecule has 0 aliphatic carbocycles. The number of benzene rings is 2. The van der Waals surface area contributed by atoms with Crippen molar-refractivity contribution >= 4 is 23.2 Å². The Bertz CT molecular complexity index is 739. The Hall–Kier alpha value is -1.90. The summed E-state index contributed by atoms with van der Waals surface area (Å²) in [5.74, 6) is 0. The summed E-state index contributed by atoms with van der Waals surface area (Å²) in [5.41, 5.74) is 3.37. The Morgan fingerprint density at radius 2 is 1.65 bits per heavy atom. The molecule has 3 aromatic rings. The van der Waals surface area contributed by atoms with Gasteiger partial charge in [-0.2, -0.15) is 0 Å². The second kappa shape index (κ2) is 5.61. The SMILES string of the molecule is Clc1ccc(-c2[c]ncnc2-c2ccccc2Cl)cc1. The van der Waals surface area contributed by atoms with Gasteiger partial charge in [0.05, 0.1) is 5.69 Å². The molecular weight excluding hydrogens is 291 g/mol. The highest BCUT2D eigenvalue weighted by molar-refractivity contribution is 6.33. The summed E-state index contributed by atoms with van der Waals surface area (Å²) in [6.07, 6.45) is 4.45. The molecule has 0 saturated heterocycles. The number of hydrogen-bond acceptors (Lipinski definition) is 2. The molecule has 0 atom stereocenters. The minimum atomic E-state index is 0.648. The van der Waals surface area contributed by atoms with Gasteiger partial charge in [0.15, 0.2) is 0 Å². The zero-order valence-corrected chi connectivity index (χ0v) is 11.9. The molecule has 20 heavy (non-hydrogen) atoms. The Kier molecular flexibility index (Phi) is 3.68. The lowest BCUT2D eigenvalue weighted by molar-refractivity contribution is 1.16. The monoisotopic (exact) mass is 299 g/mol. The molecule has 0 saturated carbocycles. The van der Waals surface area contributed by atoms with E-state index >= 15 is 0 Å². The van der Waals surface area contributed by atoms with Gasteiger partial charge in [-0.1, -0.05) is 53.5 Å². The predicted octanol–water partition coefficient (Wildman–Crippen LogP) is 4.92. The minimum Gasteiger partial charge on any atom is -0.236 e. The van der Waals surface area contributed by atoms with Crippen LogP contribution in [0.3, 0.4) is 0 Å². The highest BCUT2D eigenvalue weighted by Gasteiger charge is 2.12. The van der Waals surface area contributed by atoms with Crippen LogP contribution in [0, 0.1) is 6.20 Å². The molecule has 3 rings (SSSR count). The molecule has 1 radical (unpaired) electrons. The number of nitrogens with zero attached hydrogens (tertiary/aromatic N) is 2. The van der Waals surface area contributed by atoms with Crippen molar-refractivity contribution in [2.75, 3.05) is 0 Å². The topological polar surface area (TPSA) is 25.8 Å². The molecular formula is C16H9Cl2N2. The molecule has 0 N–H and O–H groups in total. The van der Waals surface area contributed by atoms with Gasteiger partial charge in [-0.25, -0.2) is 9.97 Å². The second-order valence-electron chi connectivity index (χ2n) is 4.20. The first-order chi connectivity index (χ1) is 9.75. The molecule has 0 spiro atoms. The first kappa shape index (κ1) is 13.1. The Balaban J connectivity index is 2.19. The van der Waals surface area contributed by atoms with E-state index < -0.39 is 0 Å². The van der Waals surface area contributed by atoms with E-state index in [-0.39, 0.29) is 0 Å². The fraction of sp³-hybridized carbons (Fsp3) is 0. The van der Waals surface area contributed by atoms with Gasteiger partial charge in [-0.05, 0) is 23.8 Å². The fourth-order valence-electron chi connectivity index (χ4n) is 1.97. The number of rotatable bonds is 2. The van der Waals surface area contributed by atoms with Crippen LogP contribution >= 0.6 is 23.2 Å². The quantitative estimate of drug-likeness (QED) is 0.671. The summed E-state index contributed by atoms with van der Waals surface area (Å²) < 4.78 is 0. The van der Waals surface area contributed by atoms with Gasteiger partial charge in [0.2, 0.25) is 0 Å². The van der Waals surface area contributed by atoms with Crippen LogP contribution in [0.1, 0.15) is 0 Å². The van der Waals surface area contributed by atoms with Gasteiger partial charge in [-0.3, -0.25) is 0 Å². The average Bonchev–Trinajstić information content (AvgIpc) is 2.49. The number of halogens is 2. The third-order valence-electron chi connectivity index (χ3n) is 2.92. The van der Waals surface area contributed by atoms with Crippen molar-refractivity contribution in [3.8, 4) is 22.4 Å². The third-order valence-corrected chi connectivity index (χ3v) is 3.50. The predicted molar refractivity (Wildman–Crippen MR) is 81.8 cm³/mol. The Labute approximate surface area is 127 Å². The van der Waals surface area contributed by atoms with E-state index in [1.165, 1.54) is 6.33 Å². The van der Waals surface area contributed by atoms with Crippen molar-refractivity contribution in [3.63, 3.8) is 0 Å². The van der Waals surface area contributed by atoms with E-state index in [4.69, 9.17) is 23.2 Å². The molecule has 1 aromatic heterocycles. The largest absolute Gasteiger partial charge is 0.236 e. The van der Waals surface area contributed by atoms with Crippen LogP contribution in [-0.2, 0) is 0 Å². The lowest BCUT2D eigenvalue weighted by Gasteiger charge is -2.09. The van der Waals surface area contributed by atoms with Crippen LogP contribution in [0.25, 0.3) is 22.4 Å². The fourth-order valence-corrected chi connectivity index (χ4v) is 2.32. The summed E-state index contributed by atoms with van der Waals surface area (Å²) in [6, 6.07) is 15.1. The van der Waals surface area contributed by atoms with Gasteiger partial charge in [0, 0.05) is 21.2 Å². The van der Waals surface area contributed by atoms with Gasteiger partial charge in [-0.15, -0.1) is 0 Å². The summed E-state index contributed by atoms with van der Waals surface area (Å²) in [7, 11) is 0. The highest BCUT2D eigenvalue weighted by atomic mass is 35.5. The van der Waals surface area contributed by atoms with E-state index in [0.717, 1.165) is 22.4 Å². The van der Waals surface area contributed by atoms with E-state index in [0.29, 0.717) is 10.0 Å². The summed E-state index contributed by atoms with van der Waals surface area (Å²) in [4.78, 5) is 8.34. The van der Waals surface area contributed by atoms with Gasteiger partial charge in [0.25, 0.3) is 0 Å². The second-order valence-corrected chi connectivity index (χ2v) is 5.04. The normalized spacial score (nSPS) is 10.5. The van der Waals surface area contributed by atoms with Crippen LogP contribution in [-0.4, -0.2) is 9.97 Å². The molecule has 0 bridgehead atoms. The molecule has 4 heteroatoms. The maximum absolute atomic E-state index is 6.25. The number of aromatic nitrogens is 2. The average molecular weight is 300 g/mol. The molecule has 2 aromatic carbocycles. The van der Waals surface area contributed by atoms with Gasteiger partial charge in [0.1, 0.15) is 12.5 Å². The van der Waals surface area contributed by atoms with Crippen LogP contribution in [0.5, 0.6) is 0 Å². The van der Waals surface area contributed by atoms with E-state index in [1.807, 2.05) is 48.5 Å². The van der Waals surface area contributed by atoms with Crippen molar-refractivity contribution in [2.24, 2.45) is 0 Å². The zero-order chi connectivity index (χ0) is 13.9. The lowest BCUT2D eigenvalue weighted by Crippen LogP contribution is -1.91. The first-order valence-corrected chi connectivity index (χ1v) is 6.75. The summed E-state index contributed by atoms with van der Waals surface area (Å²) in [5, 5.41) is 1.33. The molecule has 0 unspecified atom stereocenters. The summed E-state index contributed by atoms with van der Waals surface area (Å²) >= 11 is 12.2. The molecule has 0 amide bonds. The standard InChI is InChI=1S/C16H9Cl2N2/c17-12-7-5-11(6-8-12)14-9-19-10-20-16(14)13-3-1-2-4-15(13)18/h1-8,10H. The maximum atomic E-state index is 6.25. The van der Waals surface area contributed by atoms with Crippen molar-refractivity contribution in [3.05, 3.63) is 71.1 Å². The van der Waals surface area contributed by atoms with Crippen molar-refractivity contribution in [2.45, 2.75) is 0 Å². The van der Waals surface area contributed by atoms with E-state index in [2.05, 4.69) is 16.2 Å². The highest BCUT2D eigenvalue weighted by Crippen LogP contribution is 2.33. The summed E-state index contributed by atoms with van der Waals surface area (Å²) in [6.45, 7) is 0. The molecule has 0 aliphatic heterocycles. The van der Waals surface area contributed by atoms with E-state index in [9.17, 15) is 0 Å².